The number of halogens is 1. The van der Waals surface area contributed by atoms with Crippen molar-refractivity contribution in [3.63, 3.8) is 0 Å². The van der Waals surface area contributed by atoms with Gasteiger partial charge in [0.05, 0.1) is 13.2 Å². The van der Waals surface area contributed by atoms with Crippen molar-refractivity contribution in [2.45, 2.75) is 12.5 Å². The highest BCUT2D eigenvalue weighted by atomic mass is 79.9. The van der Waals surface area contributed by atoms with E-state index in [1.54, 1.807) is 55.6 Å². The molecule has 0 saturated heterocycles. The Morgan fingerprint density at radius 2 is 1.91 bits per heavy atom. The van der Waals surface area contributed by atoms with Gasteiger partial charge in [0, 0.05) is 22.4 Å². The quantitative estimate of drug-likeness (QED) is 0.836. The van der Waals surface area contributed by atoms with Gasteiger partial charge in [-0.1, -0.05) is 34.1 Å². The van der Waals surface area contributed by atoms with Crippen molar-refractivity contribution in [3.8, 4) is 5.75 Å². The molecule has 2 rings (SSSR count). The van der Waals surface area contributed by atoms with Crippen molar-refractivity contribution in [3.05, 3.63) is 64.1 Å². The van der Waals surface area contributed by atoms with Crippen molar-refractivity contribution in [2.75, 3.05) is 7.11 Å². The van der Waals surface area contributed by atoms with Crippen LogP contribution in [0.25, 0.3) is 0 Å². The molecule has 1 N–H and O–H groups in total. The average Bonchev–Trinajstić information content (AvgIpc) is 2.54. The third-order valence-corrected chi connectivity index (χ3v) is 3.77. The van der Waals surface area contributed by atoms with Gasteiger partial charge in [-0.25, -0.2) is 0 Å². The SMILES string of the molecule is COc1ccc(C(CC(=O)[O-])NC(=O)c2cccc(Br)c2)cc1. The number of carboxylic acids is 1. The van der Waals surface area contributed by atoms with Crippen LogP contribution in [0.2, 0.25) is 0 Å². The maximum Gasteiger partial charge on any atom is 0.251 e. The van der Waals surface area contributed by atoms with Crippen LogP contribution in [-0.2, 0) is 4.79 Å². The lowest BCUT2D eigenvalue weighted by Gasteiger charge is -2.20. The van der Waals surface area contributed by atoms with Crippen LogP contribution in [0.1, 0.15) is 28.4 Å². The molecule has 0 spiro atoms. The minimum Gasteiger partial charge on any atom is -0.550 e. The van der Waals surface area contributed by atoms with E-state index in [-0.39, 0.29) is 12.3 Å². The van der Waals surface area contributed by atoms with Crippen LogP contribution < -0.4 is 15.2 Å². The number of carbonyl (C=O) groups excluding carboxylic acids is 2. The Bertz CT molecular complexity index is 700. The van der Waals surface area contributed by atoms with E-state index in [4.69, 9.17) is 4.74 Å². The maximum atomic E-state index is 12.3. The molecular weight excluding hydrogens is 362 g/mol. The van der Waals surface area contributed by atoms with Gasteiger partial charge in [-0.2, -0.15) is 0 Å². The lowest BCUT2D eigenvalue weighted by atomic mass is 10.0. The normalized spacial score (nSPS) is 11.6. The van der Waals surface area contributed by atoms with Crippen molar-refractivity contribution in [2.24, 2.45) is 0 Å². The predicted molar refractivity (Wildman–Crippen MR) is 87.0 cm³/mol. The maximum absolute atomic E-state index is 12.3. The zero-order valence-corrected chi connectivity index (χ0v) is 14.0. The zero-order chi connectivity index (χ0) is 16.8. The molecule has 0 fully saturated rings. The predicted octanol–water partition coefficient (Wildman–Crippen LogP) is 2.07. The fraction of sp³-hybridized carbons (Fsp3) is 0.176. The van der Waals surface area contributed by atoms with E-state index in [0.29, 0.717) is 16.9 Å². The molecule has 0 saturated carbocycles. The summed E-state index contributed by atoms with van der Waals surface area (Å²) in [5.74, 6) is -0.937. The number of nitrogens with one attached hydrogen (secondary N) is 1. The second-order valence-corrected chi connectivity index (χ2v) is 5.80. The van der Waals surface area contributed by atoms with E-state index in [1.807, 2.05) is 0 Å². The minimum absolute atomic E-state index is 0.313. The summed E-state index contributed by atoms with van der Waals surface area (Å²) in [6, 6.07) is 13.0. The molecule has 0 radical (unpaired) electrons. The van der Waals surface area contributed by atoms with Crippen LogP contribution in [0.4, 0.5) is 0 Å². The molecule has 23 heavy (non-hydrogen) atoms. The first-order valence-corrected chi connectivity index (χ1v) is 7.69. The molecule has 0 aliphatic heterocycles. The Hall–Kier alpha value is -2.34. The molecule has 1 atom stereocenters. The van der Waals surface area contributed by atoms with Gasteiger partial charge in [0.25, 0.3) is 5.91 Å². The lowest BCUT2D eigenvalue weighted by Crippen LogP contribution is -2.34. The summed E-state index contributed by atoms with van der Waals surface area (Å²) in [5, 5.41) is 13.7. The highest BCUT2D eigenvalue weighted by molar-refractivity contribution is 9.10. The molecule has 2 aromatic carbocycles. The number of aliphatic carboxylic acids is 1. The van der Waals surface area contributed by atoms with Crippen molar-refractivity contribution >= 4 is 27.8 Å². The Labute approximate surface area is 142 Å². The topological polar surface area (TPSA) is 78.5 Å². The van der Waals surface area contributed by atoms with E-state index in [9.17, 15) is 14.7 Å². The van der Waals surface area contributed by atoms with E-state index in [0.717, 1.165) is 4.47 Å². The van der Waals surface area contributed by atoms with Gasteiger partial charge in [0.15, 0.2) is 0 Å². The minimum atomic E-state index is -1.24. The first kappa shape index (κ1) is 17.0. The molecule has 0 aromatic heterocycles. The monoisotopic (exact) mass is 376 g/mol. The van der Waals surface area contributed by atoms with Gasteiger partial charge in [0.1, 0.15) is 5.75 Å². The molecule has 1 amide bonds. The number of ether oxygens (including phenoxy) is 1. The molecule has 6 heteroatoms. The van der Waals surface area contributed by atoms with Crippen LogP contribution in [0.5, 0.6) is 5.75 Å². The Morgan fingerprint density at radius 3 is 2.48 bits per heavy atom. The molecule has 0 bridgehead atoms. The Balaban J connectivity index is 2.20. The number of carboxylic acid groups (broad SMARTS) is 1. The number of rotatable bonds is 6. The highest BCUT2D eigenvalue weighted by Gasteiger charge is 2.16. The number of carbonyl (C=O) groups is 2. The first-order chi connectivity index (χ1) is 11.0. The zero-order valence-electron chi connectivity index (χ0n) is 12.4. The largest absolute Gasteiger partial charge is 0.550 e. The summed E-state index contributed by atoms with van der Waals surface area (Å²) in [5.41, 5.74) is 1.11. The number of methoxy groups -OCH3 is 1. The molecule has 0 heterocycles. The first-order valence-electron chi connectivity index (χ1n) is 6.90. The van der Waals surface area contributed by atoms with E-state index < -0.39 is 12.0 Å². The van der Waals surface area contributed by atoms with Crippen LogP contribution in [0.15, 0.2) is 53.0 Å². The van der Waals surface area contributed by atoms with Gasteiger partial charge in [-0.15, -0.1) is 0 Å². The number of amides is 1. The summed E-state index contributed by atoms with van der Waals surface area (Å²) in [6.07, 6.45) is -0.313. The molecular formula is C17H15BrNO4-. The summed E-state index contributed by atoms with van der Waals surface area (Å²) < 4.78 is 5.84. The smallest absolute Gasteiger partial charge is 0.251 e. The average molecular weight is 377 g/mol. The van der Waals surface area contributed by atoms with Gasteiger partial charge in [-0.05, 0) is 35.9 Å². The van der Waals surface area contributed by atoms with Crippen molar-refractivity contribution in [1.82, 2.24) is 5.32 Å². The van der Waals surface area contributed by atoms with Gasteiger partial charge in [0.2, 0.25) is 0 Å². The fourth-order valence-electron chi connectivity index (χ4n) is 2.13. The molecule has 2 aromatic rings. The second kappa shape index (κ2) is 7.78. The van der Waals surface area contributed by atoms with Crippen LogP contribution in [-0.4, -0.2) is 19.0 Å². The lowest BCUT2D eigenvalue weighted by molar-refractivity contribution is -0.306. The fourth-order valence-corrected chi connectivity index (χ4v) is 2.53. The third-order valence-electron chi connectivity index (χ3n) is 3.28. The van der Waals surface area contributed by atoms with Gasteiger partial charge in [-0.3, -0.25) is 4.79 Å². The second-order valence-electron chi connectivity index (χ2n) is 4.89. The number of benzene rings is 2. The molecule has 5 nitrogen and oxygen atoms in total. The summed E-state index contributed by atoms with van der Waals surface area (Å²) in [7, 11) is 1.54. The molecule has 0 aliphatic rings. The highest BCUT2D eigenvalue weighted by Crippen LogP contribution is 2.21. The number of hydrogen-bond donors (Lipinski definition) is 1. The van der Waals surface area contributed by atoms with E-state index in [2.05, 4.69) is 21.2 Å². The molecule has 120 valence electrons. The summed E-state index contributed by atoms with van der Waals surface area (Å²) >= 11 is 3.30. The summed E-state index contributed by atoms with van der Waals surface area (Å²) in [6.45, 7) is 0. The van der Waals surface area contributed by atoms with Crippen LogP contribution in [0.3, 0.4) is 0 Å². The molecule has 1 unspecified atom stereocenters. The summed E-state index contributed by atoms with van der Waals surface area (Å²) in [4.78, 5) is 23.3. The standard InChI is InChI=1S/C17H16BrNO4/c1-23-14-7-5-11(6-8-14)15(10-16(20)21)19-17(22)12-3-2-4-13(18)9-12/h2-9,15H,10H2,1H3,(H,19,22)(H,20,21)/p-1. The van der Waals surface area contributed by atoms with E-state index >= 15 is 0 Å². The molecule has 0 aliphatic carbocycles. The van der Waals surface area contributed by atoms with Crippen molar-refractivity contribution in [1.29, 1.82) is 0 Å². The Kier molecular flexibility index (Phi) is 5.76. The van der Waals surface area contributed by atoms with Crippen LogP contribution in [0, 0.1) is 0 Å². The van der Waals surface area contributed by atoms with E-state index in [1.165, 1.54) is 0 Å². The van der Waals surface area contributed by atoms with Crippen LogP contribution >= 0.6 is 15.9 Å². The van der Waals surface area contributed by atoms with Gasteiger partial charge < -0.3 is 20.0 Å². The Morgan fingerprint density at radius 1 is 1.22 bits per heavy atom. The third kappa shape index (κ3) is 4.82. The van der Waals surface area contributed by atoms with Gasteiger partial charge >= 0.3 is 0 Å². The van der Waals surface area contributed by atoms with Crippen molar-refractivity contribution < 1.29 is 19.4 Å². The number of hydrogen-bond acceptors (Lipinski definition) is 4.